The highest BCUT2D eigenvalue weighted by Gasteiger charge is 2.31. The molecular formula is C19H21N3O3. The molecule has 0 aliphatic carbocycles. The molecule has 6 heteroatoms. The Kier molecular flexibility index (Phi) is 5.28. The van der Waals surface area contributed by atoms with E-state index in [2.05, 4.69) is 10.3 Å². The van der Waals surface area contributed by atoms with Crippen LogP contribution in [0.3, 0.4) is 0 Å². The van der Waals surface area contributed by atoms with E-state index in [9.17, 15) is 9.59 Å². The minimum absolute atomic E-state index is 0.215. The number of urea groups is 1. The van der Waals surface area contributed by atoms with Crippen molar-refractivity contribution in [3.05, 3.63) is 66.0 Å². The van der Waals surface area contributed by atoms with Crippen LogP contribution in [0.2, 0.25) is 0 Å². The first-order chi connectivity index (χ1) is 12.1. The number of rotatable bonds is 5. The van der Waals surface area contributed by atoms with Crippen molar-refractivity contribution in [3.63, 3.8) is 0 Å². The second-order valence-electron chi connectivity index (χ2n) is 6.21. The zero-order valence-corrected chi connectivity index (χ0v) is 13.8. The van der Waals surface area contributed by atoms with Crippen molar-refractivity contribution in [1.82, 2.24) is 15.2 Å². The lowest BCUT2D eigenvalue weighted by Gasteiger charge is -2.23. The Morgan fingerprint density at radius 2 is 1.96 bits per heavy atom. The molecule has 3 rings (SSSR count). The van der Waals surface area contributed by atoms with E-state index in [4.69, 9.17) is 5.11 Å². The Bertz CT molecular complexity index is 721. The molecule has 2 amide bonds. The van der Waals surface area contributed by atoms with E-state index in [1.807, 2.05) is 48.5 Å². The van der Waals surface area contributed by atoms with E-state index in [0.29, 0.717) is 19.4 Å². The van der Waals surface area contributed by atoms with Crippen LogP contribution >= 0.6 is 0 Å². The minimum atomic E-state index is -0.844. The molecule has 1 aliphatic rings. The minimum Gasteiger partial charge on any atom is -0.481 e. The molecule has 1 fully saturated rings. The Balaban J connectivity index is 1.71. The first-order valence-corrected chi connectivity index (χ1v) is 8.36. The van der Waals surface area contributed by atoms with Gasteiger partial charge < -0.3 is 15.3 Å². The number of pyridine rings is 1. The molecule has 6 nitrogen and oxygen atoms in total. The van der Waals surface area contributed by atoms with Crippen LogP contribution < -0.4 is 5.32 Å². The molecule has 0 bridgehead atoms. The fourth-order valence-corrected chi connectivity index (χ4v) is 3.05. The van der Waals surface area contributed by atoms with E-state index in [0.717, 1.165) is 11.3 Å². The number of carbonyl (C=O) groups is 2. The summed E-state index contributed by atoms with van der Waals surface area (Å²) < 4.78 is 0. The summed E-state index contributed by atoms with van der Waals surface area (Å²) in [5.41, 5.74) is 1.89. The van der Waals surface area contributed by atoms with Crippen molar-refractivity contribution in [2.24, 2.45) is 5.92 Å². The highest BCUT2D eigenvalue weighted by atomic mass is 16.4. The number of nitrogens with zero attached hydrogens (tertiary/aromatic N) is 2. The van der Waals surface area contributed by atoms with Gasteiger partial charge in [0.2, 0.25) is 0 Å². The number of amides is 2. The summed E-state index contributed by atoms with van der Waals surface area (Å²) in [6.45, 7) is 0.722. The van der Waals surface area contributed by atoms with Crippen molar-refractivity contribution in [2.45, 2.75) is 18.9 Å². The summed E-state index contributed by atoms with van der Waals surface area (Å²) in [5, 5.41) is 12.1. The van der Waals surface area contributed by atoms with Crippen LogP contribution in [0.5, 0.6) is 0 Å². The molecule has 0 radical (unpaired) electrons. The van der Waals surface area contributed by atoms with Crippen LogP contribution in [-0.2, 0) is 11.2 Å². The molecule has 25 heavy (non-hydrogen) atoms. The smallest absolute Gasteiger partial charge is 0.317 e. The molecule has 2 heterocycles. The summed E-state index contributed by atoms with van der Waals surface area (Å²) in [5.74, 6) is -1.32. The van der Waals surface area contributed by atoms with E-state index in [-0.39, 0.29) is 18.6 Å². The fraction of sp³-hybridized carbons (Fsp3) is 0.316. The molecule has 0 spiro atoms. The second kappa shape index (κ2) is 7.79. The van der Waals surface area contributed by atoms with E-state index in [1.54, 1.807) is 11.1 Å². The monoisotopic (exact) mass is 339 g/mol. The molecule has 1 aromatic carbocycles. The van der Waals surface area contributed by atoms with Crippen LogP contribution in [0.1, 0.15) is 23.7 Å². The van der Waals surface area contributed by atoms with Gasteiger partial charge in [0.1, 0.15) is 0 Å². The number of benzene rings is 1. The molecule has 1 aromatic heterocycles. The Labute approximate surface area is 146 Å². The highest BCUT2D eigenvalue weighted by molar-refractivity contribution is 5.77. The molecule has 130 valence electrons. The van der Waals surface area contributed by atoms with Gasteiger partial charge in [-0.2, -0.15) is 0 Å². The number of aliphatic carboxylic acids is 1. The third kappa shape index (κ3) is 4.35. The quantitative estimate of drug-likeness (QED) is 0.877. The van der Waals surface area contributed by atoms with Crippen LogP contribution in [0.4, 0.5) is 4.79 Å². The number of carboxylic acids is 1. The topological polar surface area (TPSA) is 82.5 Å². The largest absolute Gasteiger partial charge is 0.481 e. The average molecular weight is 339 g/mol. The number of hydrogen-bond acceptors (Lipinski definition) is 3. The Hall–Kier alpha value is -2.89. The summed E-state index contributed by atoms with van der Waals surface area (Å²) in [6, 6.07) is 15.0. The highest BCUT2D eigenvalue weighted by Crippen LogP contribution is 2.20. The first-order valence-electron chi connectivity index (χ1n) is 8.36. The lowest BCUT2D eigenvalue weighted by molar-refractivity contribution is -0.141. The Morgan fingerprint density at radius 3 is 2.60 bits per heavy atom. The SMILES string of the molecule is O=C(O)C1CCN(C(=O)NC(Cc2ccccn2)c2ccccc2)C1. The molecule has 2 N–H and O–H groups in total. The molecule has 2 unspecified atom stereocenters. The molecule has 1 saturated heterocycles. The van der Waals surface area contributed by atoms with E-state index >= 15 is 0 Å². The maximum atomic E-state index is 12.6. The van der Waals surface area contributed by atoms with Crippen LogP contribution in [0.15, 0.2) is 54.7 Å². The number of carbonyl (C=O) groups excluding carboxylic acids is 1. The van der Waals surface area contributed by atoms with Crippen LogP contribution in [0.25, 0.3) is 0 Å². The number of hydrogen-bond donors (Lipinski definition) is 2. The van der Waals surface area contributed by atoms with Crippen LogP contribution in [-0.4, -0.2) is 40.1 Å². The van der Waals surface area contributed by atoms with Gasteiger partial charge in [-0.25, -0.2) is 4.79 Å². The van der Waals surface area contributed by atoms with Gasteiger partial charge in [0.05, 0.1) is 12.0 Å². The molecule has 2 atom stereocenters. The van der Waals surface area contributed by atoms with Gasteiger partial charge in [-0.05, 0) is 24.1 Å². The van der Waals surface area contributed by atoms with Crippen molar-refractivity contribution in [1.29, 1.82) is 0 Å². The lowest BCUT2D eigenvalue weighted by Crippen LogP contribution is -2.41. The third-order valence-electron chi connectivity index (χ3n) is 4.46. The zero-order chi connectivity index (χ0) is 17.6. The number of likely N-dealkylation sites (tertiary alicyclic amines) is 1. The predicted octanol–water partition coefficient (Wildman–Crippen LogP) is 2.48. The van der Waals surface area contributed by atoms with Gasteiger partial charge in [0.15, 0.2) is 0 Å². The van der Waals surface area contributed by atoms with E-state index in [1.165, 1.54) is 0 Å². The number of carboxylic acid groups (broad SMARTS) is 1. The number of aromatic nitrogens is 1. The molecular weight excluding hydrogens is 318 g/mol. The summed E-state index contributed by atoms with van der Waals surface area (Å²) >= 11 is 0. The normalized spacial score (nSPS) is 17.9. The van der Waals surface area contributed by atoms with Crippen molar-refractivity contribution >= 4 is 12.0 Å². The Morgan fingerprint density at radius 1 is 1.20 bits per heavy atom. The number of nitrogens with one attached hydrogen (secondary N) is 1. The zero-order valence-electron chi connectivity index (χ0n) is 13.8. The van der Waals surface area contributed by atoms with E-state index < -0.39 is 11.9 Å². The fourth-order valence-electron chi connectivity index (χ4n) is 3.05. The van der Waals surface area contributed by atoms with Gasteiger partial charge in [-0.15, -0.1) is 0 Å². The third-order valence-corrected chi connectivity index (χ3v) is 4.46. The summed E-state index contributed by atoms with van der Waals surface area (Å²) in [7, 11) is 0. The van der Waals surface area contributed by atoms with Crippen molar-refractivity contribution in [2.75, 3.05) is 13.1 Å². The average Bonchev–Trinajstić information content (AvgIpc) is 3.13. The lowest BCUT2D eigenvalue weighted by atomic mass is 10.0. The van der Waals surface area contributed by atoms with Gasteiger partial charge in [-0.1, -0.05) is 36.4 Å². The molecule has 1 aliphatic heterocycles. The second-order valence-corrected chi connectivity index (χ2v) is 6.21. The van der Waals surface area contributed by atoms with Crippen molar-refractivity contribution < 1.29 is 14.7 Å². The first kappa shape index (κ1) is 17.0. The standard InChI is InChI=1S/C19H21N3O3/c23-18(24)15-9-11-22(13-15)19(25)21-17(14-6-2-1-3-7-14)12-16-8-4-5-10-20-16/h1-8,10,15,17H,9,11-13H2,(H,21,25)(H,23,24). The van der Waals surface area contributed by atoms with Gasteiger partial charge in [0, 0.05) is 31.4 Å². The van der Waals surface area contributed by atoms with Gasteiger partial charge in [0.25, 0.3) is 0 Å². The van der Waals surface area contributed by atoms with Crippen LogP contribution in [0, 0.1) is 5.92 Å². The summed E-state index contributed by atoms with van der Waals surface area (Å²) in [6.07, 6.45) is 2.81. The van der Waals surface area contributed by atoms with Crippen molar-refractivity contribution in [3.8, 4) is 0 Å². The molecule has 0 saturated carbocycles. The maximum Gasteiger partial charge on any atom is 0.317 e. The summed E-state index contributed by atoms with van der Waals surface area (Å²) in [4.78, 5) is 29.6. The molecule has 2 aromatic rings. The van der Waals surface area contributed by atoms with Gasteiger partial charge >= 0.3 is 12.0 Å². The maximum absolute atomic E-state index is 12.6. The predicted molar refractivity (Wildman–Crippen MR) is 93.0 cm³/mol. The van der Waals surface area contributed by atoms with Gasteiger partial charge in [-0.3, -0.25) is 9.78 Å².